The topological polar surface area (TPSA) is 76.4 Å². The van der Waals surface area contributed by atoms with Crippen molar-refractivity contribution in [3.8, 4) is 0 Å². The maximum Gasteiger partial charge on any atom is 0.281 e. The van der Waals surface area contributed by atoms with Crippen molar-refractivity contribution in [3.63, 3.8) is 0 Å². The molecule has 0 aliphatic rings. The van der Waals surface area contributed by atoms with E-state index in [1.54, 1.807) is 13.0 Å². The summed E-state index contributed by atoms with van der Waals surface area (Å²) < 4.78 is 30.0. The number of benzene rings is 1. The fourth-order valence-corrected chi connectivity index (χ4v) is 4.84. The second kappa shape index (κ2) is 5.86. The maximum absolute atomic E-state index is 12.9. The summed E-state index contributed by atoms with van der Waals surface area (Å²) in [6, 6.07) is 5.54. The molecule has 1 aromatic carbocycles. The van der Waals surface area contributed by atoms with Gasteiger partial charge >= 0.3 is 0 Å². The number of nitrogens with zero attached hydrogens (tertiary/aromatic N) is 3. The van der Waals surface area contributed by atoms with Gasteiger partial charge in [0.05, 0.1) is 11.4 Å². The minimum absolute atomic E-state index is 0.0987. The van der Waals surface area contributed by atoms with Crippen molar-refractivity contribution >= 4 is 32.0 Å². The fourth-order valence-electron chi connectivity index (χ4n) is 2.44. The zero-order chi connectivity index (χ0) is 17.6. The summed E-state index contributed by atoms with van der Waals surface area (Å²) in [5.74, 6) is 0.222. The van der Waals surface area contributed by atoms with Crippen molar-refractivity contribution in [2.24, 2.45) is 0 Å². The number of hydrogen-bond donors (Lipinski definition) is 1. The van der Waals surface area contributed by atoms with Crippen LogP contribution in [0.5, 0.6) is 0 Å². The zero-order valence-electron chi connectivity index (χ0n) is 14.3. The molecule has 1 N–H and O–H groups in total. The third-order valence-corrected chi connectivity index (χ3v) is 6.61. The van der Waals surface area contributed by atoms with Gasteiger partial charge in [-0.1, -0.05) is 37.3 Å². The summed E-state index contributed by atoms with van der Waals surface area (Å²) in [7, 11) is -3.78. The average molecular weight is 364 g/mol. The Hall–Kier alpha value is -1.93. The lowest BCUT2D eigenvalue weighted by Gasteiger charge is -2.11. The number of hydrogen-bond acceptors (Lipinski definition) is 5. The van der Waals surface area contributed by atoms with Gasteiger partial charge in [-0.3, -0.25) is 4.72 Å². The lowest BCUT2D eigenvalue weighted by molar-refractivity contribution is 0.592. The van der Waals surface area contributed by atoms with Crippen LogP contribution < -0.4 is 4.72 Å². The smallest absolute Gasteiger partial charge is 0.278 e. The van der Waals surface area contributed by atoms with Gasteiger partial charge in [-0.05, 0) is 38.0 Å². The molecule has 24 heavy (non-hydrogen) atoms. The highest BCUT2D eigenvalue weighted by atomic mass is 32.2. The Morgan fingerprint density at radius 3 is 2.58 bits per heavy atom. The molecule has 0 atom stereocenters. The van der Waals surface area contributed by atoms with Crippen LogP contribution in [0.15, 0.2) is 23.2 Å². The number of anilines is 1. The normalized spacial score (nSPS) is 12.2. The highest BCUT2D eigenvalue weighted by molar-refractivity contribution is 7.92. The van der Waals surface area contributed by atoms with E-state index in [0.717, 1.165) is 16.1 Å². The summed E-state index contributed by atoms with van der Waals surface area (Å²) in [6.07, 6.45) is 0. The average Bonchev–Trinajstić information content (AvgIpc) is 3.00. The Morgan fingerprint density at radius 1 is 1.21 bits per heavy atom. The molecule has 0 spiro atoms. The maximum atomic E-state index is 12.9. The SMILES string of the molecule is Cc1cccc(NS(=O)(=O)c2c(C)nc3sc(C(C)C)nn23)c1C. The highest BCUT2D eigenvalue weighted by Crippen LogP contribution is 2.28. The Kier molecular flexibility index (Phi) is 4.13. The zero-order valence-corrected chi connectivity index (χ0v) is 15.9. The van der Waals surface area contributed by atoms with Crippen molar-refractivity contribution in [1.82, 2.24) is 14.6 Å². The number of fused-ring (bicyclic) bond motifs is 1. The van der Waals surface area contributed by atoms with Crippen molar-refractivity contribution in [2.75, 3.05) is 4.72 Å². The fraction of sp³-hybridized carbons (Fsp3) is 0.375. The van der Waals surface area contributed by atoms with Crippen LogP contribution >= 0.6 is 11.3 Å². The van der Waals surface area contributed by atoms with Gasteiger partial charge in [-0.25, -0.2) is 4.98 Å². The minimum atomic E-state index is -3.78. The van der Waals surface area contributed by atoms with Gasteiger partial charge < -0.3 is 0 Å². The number of aromatic nitrogens is 3. The molecular formula is C16H20N4O2S2. The molecule has 2 heterocycles. The minimum Gasteiger partial charge on any atom is -0.278 e. The van der Waals surface area contributed by atoms with E-state index in [9.17, 15) is 8.42 Å². The van der Waals surface area contributed by atoms with Gasteiger partial charge in [0.1, 0.15) is 5.01 Å². The van der Waals surface area contributed by atoms with Crippen LogP contribution in [-0.4, -0.2) is 23.0 Å². The molecule has 2 aromatic heterocycles. The van der Waals surface area contributed by atoms with E-state index in [4.69, 9.17) is 0 Å². The van der Waals surface area contributed by atoms with E-state index in [-0.39, 0.29) is 10.9 Å². The predicted molar refractivity (Wildman–Crippen MR) is 96.4 cm³/mol. The third kappa shape index (κ3) is 2.80. The van der Waals surface area contributed by atoms with Crippen LogP contribution in [0.25, 0.3) is 4.96 Å². The Bertz CT molecular complexity index is 1020. The van der Waals surface area contributed by atoms with E-state index < -0.39 is 10.0 Å². The summed E-state index contributed by atoms with van der Waals surface area (Å²) in [6.45, 7) is 9.58. The number of imidazole rings is 1. The lowest BCUT2D eigenvalue weighted by Crippen LogP contribution is -2.17. The quantitative estimate of drug-likeness (QED) is 0.767. The molecule has 8 heteroatoms. The van der Waals surface area contributed by atoms with Gasteiger partial charge in [0.25, 0.3) is 10.0 Å². The molecule has 3 aromatic rings. The second-order valence-corrected chi connectivity index (χ2v) is 8.73. The molecule has 0 aliphatic heterocycles. The van der Waals surface area contributed by atoms with E-state index in [2.05, 4.69) is 14.8 Å². The standard InChI is InChI=1S/C16H20N4O2S2/c1-9(2)14-18-20-15(12(5)17-16(20)23-14)24(21,22)19-13-8-6-7-10(3)11(13)4/h6-9,19H,1-5H3. The monoisotopic (exact) mass is 364 g/mol. The van der Waals surface area contributed by atoms with Crippen LogP contribution in [0.4, 0.5) is 5.69 Å². The first-order chi connectivity index (χ1) is 11.2. The summed E-state index contributed by atoms with van der Waals surface area (Å²) in [4.78, 5) is 4.96. The molecule has 0 amide bonds. The molecular weight excluding hydrogens is 344 g/mol. The number of aryl methyl sites for hydroxylation is 2. The van der Waals surface area contributed by atoms with E-state index in [1.807, 2.05) is 39.8 Å². The first kappa shape index (κ1) is 16.9. The van der Waals surface area contributed by atoms with Gasteiger partial charge in [-0.2, -0.15) is 18.0 Å². The molecule has 0 bridgehead atoms. The largest absolute Gasteiger partial charge is 0.281 e. The van der Waals surface area contributed by atoms with E-state index >= 15 is 0 Å². The number of rotatable bonds is 4. The van der Waals surface area contributed by atoms with Crippen molar-refractivity contribution in [1.29, 1.82) is 0 Å². The molecule has 3 rings (SSSR count). The molecule has 0 saturated carbocycles. The van der Waals surface area contributed by atoms with Crippen LogP contribution in [-0.2, 0) is 10.0 Å². The lowest BCUT2D eigenvalue weighted by atomic mass is 10.1. The molecule has 0 radical (unpaired) electrons. The second-order valence-electron chi connectivity index (χ2n) is 6.14. The van der Waals surface area contributed by atoms with Gasteiger partial charge in [0, 0.05) is 5.92 Å². The molecule has 0 unspecified atom stereocenters. The Labute approximate surface area is 145 Å². The summed E-state index contributed by atoms with van der Waals surface area (Å²) >= 11 is 1.42. The van der Waals surface area contributed by atoms with E-state index in [0.29, 0.717) is 16.3 Å². The Balaban J connectivity index is 2.11. The molecule has 6 nitrogen and oxygen atoms in total. The third-order valence-electron chi connectivity index (χ3n) is 3.94. The first-order valence-corrected chi connectivity index (χ1v) is 9.95. The number of sulfonamides is 1. The van der Waals surface area contributed by atoms with Crippen molar-refractivity contribution in [2.45, 2.75) is 45.6 Å². The van der Waals surface area contributed by atoms with Crippen LogP contribution in [0.2, 0.25) is 0 Å². The van der Waals surface area contributed by atoms with Gasteiger partial charge in [0.15, 0.2) is 0 Å². The number of nitrogens with one attached hydrogen (secondary N) is 1. The van der Waals surface area contributed by atoms with Gasteiger partial charge in [-0.15, -0.1) is 0 Å². The van der Waals surface area contributed by atoms with Crippen molar-refractivity contribution < 1.29 is 8.42 Å². The molecule has 128 valence electrons. The van der Waals surface area contributed by atoms with Gasteiger partial charge in [0.2, 0.25) is 9.99 Å². The van der Waals surface area contributed by atoms with Crippen LogP contribution in [0, 0.1) is 20.8 Å². The first-order valence-electron chi connectivity index (χ1n) is 7.66. The Morgan fingerprint density at radius 2 is 1.92 bits per heavy atom. The van der Waals surface area contributed by atoms with Crippen molar-refractivity contribution in [3.05, 3.63) is 40.0 Å². The molecule has 0 fully saturated rings. The van der Waals surface area contributed by atoms with E-state index in [1.165, 1.54) is 15.9 Å². The van der Waals surface area contributed by atoms with Crippen LogP contribution in [0.1, 0.15) is 41.6 Å². The predicted octanol–water partition coefficient (Wildman–Crippen LogP) is 3.64. The molecule has 0 saturated heterocycles. The highest BCUT2D eigenvalue weighted by Gasteiger charge is 2.26. The van der Waals surface area contributed by atoms with Crippen LogP contribution in [0.3, 0.4) is 0 Å². The summed E-state index contributed by atoms with van der Waals surface area (Å²) in [5, 5.41) is 5.39. The summed E-state index contributed by atoms with van der Waals surface area (Å²) in [5.41, 5.74) is 2.95. The molecule has 0 aliphatic carbocycles.